The van der Waals surface area contributed by atoms with Gasteiger partial charge in [0.05, 0.1) is 22.0 Å². The van der Waals surface area contributed by atoms with Gasteiger partial charge in [-0.2, -0.15) is 0 Å². The number of nitro groups is 1. The van der Waals surface area contributed by atoms with Crippen molar-refractivity contribution in [3.8, 4) is 0 Å². The molecule has 3 rings (SSSR count). The molecule has 11 heteroatoms. The molecule has 0 bridgehead atoms. The lowest BCUT2D eigenvalue weighted by Crippen LogP contribution is -2.40. The second-order valence-electron chi connectivity index (χ2n) is 8.29. The Morgan fingerprint density at radius 3 is 2.68 bits per heavy atom. The molecule has 10 nitrogen and oxygen atoms in total. The maximum atomic E-state index is 12.4. The fourth-order valence-corrected chi connectivity index (χ4v) is 5.84. The molecule has 1 aromatic carbocycles. The average Bonchev–Trinajstić information content (AvgIpc) is 3.10. The number of sulfone groups is 1. The molecular weight excluding hydrogens is 426 g/mol. The quantitative estimate of drug-likeness (QED) is 0.361. The van der Waals surface area contributed by atoms with Crippen molar-refractivity contribution in [2.75, 3.05) is 43.1 Å². The fourth-order valence-electron chi connectivity index (χ4n) is 4.07. The highest BCUT2D eigenvalue weighted by Crippen LogP contribution is 2.32. The number of likely N-dealkylation sites (N-methyl/N-ethyl adjacent to an activating group) is 1. The number of anilines is 1. The molecule has 2 heterocycles. The first-order valence-corrected chi connectivity index (χ1v) is 12.1. The van der Waals surface area contributed by atoms with E-state index in [1.54, 1.807) is 6.07 Å². The van der Waals surface area contributed by atoms with E-state index in [4.69, 9.17) is 4.74 Å². The van der Waals surface area contributed by atoms with Crippen LogP contribution in [0.4, 0.5) is 11.4 Å². The monoisotopic (exact) mass is 453 g/mol. The molecule has 170 valence electrons. The first kappa shape index (κ1) is 23.0. The number of hydrogen-bond donors (Lipinski definition) is 0. The zero-order valence-corrected chi connectivity index (χ0v) is 18.5. The molecular formula is C20H27N3O7S. The third-order valence-electron chi connectivity index (χ3n) is 5.88. The number of esters is 1. The van der Waals surface area contributed by atoms with Gasteiger partial charge in [0.25, 0.3) is 11.6 Å². The lowest BCUT2D eigenvalue weighted by molar-refractivity contribution is -0.384. The summed E-state index contributed by atoms with van der Waals surface area (Å²) >= 11 is 0. The Kier molecular flexibility index (Phi) is 6.83. The highest BCUT2D eigenvalue weighted by atomic mass is 32.2. The Labute approximate surface area is 181 Å². The van der Waals surface area contributed by atoms with Crippen molar-refractivity contribution in [2.45, 2.75) is 32.2 Å². The maximum Gasteiger partial charge on any atom is 0.338 e. The van der Waals surface area contributed by atoms with Crippen molar-refractivity contribution in [1.82, 2.24) is 4.90 Å². The van der Waals surface area contributed by atoms with Crippen molar-refractivity contribution >= 4 is 33.1 Å². The molecule has 0 spiro atoms. The summed E-state index contributed by atoms with van der Waals surface area (Å²) in [5.74, 6) is -1.02. The van der Waals surface area contributed by atoms with Gasteiger partial charge in [0.15, 0.2) is 16.4 Å². The number of carbonyl (C=O) groups excluding carboxylic acids is 2. The molecule has 0 aromatic heterocycles. The molecule has 2 atom stereocenters. The summed E-state index contributed by atoms with van der Waals surface area (Å²) in [5.41, 5.74) is 0.272. The first-order chi connectivity index (χ1) is 14.6. The number of benzene rings is 1. The van der Waals surface area contributed by atoms with Gasteiger partial charge >= 0.3 is 5.97 Å². The van der Waals surface area contributed by atoms with E-state index in [0.29, 0.717) is 31.1 Å². The van der Waals surface area contributed by atoms with E-state index in [0.717, 1.165) is 12.8 Å². The molecule has 31 heavy (non-hydrogen) atoms. The Morgan fingerprint density at radius 1 is 1.32 bits per heavy atom. The zero-order valence-electron chi connectivity index (χ0n) is 17.7. The van der Waals surface area contributed by atoms with Crippen LogP contribution in [0.3, 0.4) is 0 Å². The Balaban J connectivity index is 1.65. The summed E-state index contributed by atoms with van der Waals surface area (Å²) in [4.78, 5) is 39.0. The number of nitro benzene ring substituents is 1. The summed E-state index contributed by atoms with van der Waals surface area (Å²) in [5, 5.41) is 11.6. The molecule has 2 unspecified atom stereocenters. The first-order valence-electron chi connectivity index (χ1n) is 10.2. The van der Waals surface area contributed by atoms with Crippen LogP contribution in [-0.4, -0.2) is 74.4 Å². The van der Waals surface area contributed by atoms with E-state index in [-0.39, 0.29) is 22.8 Å². The minimum atomic E-state index is -3.15. The van der Waals surface area contributed by atoms with Gasteiger partial charge in [0.1, 0.15) is 5.69 Å². The van der Waals surface area contributed by atoms with Crippen molar-refractivity contribution in [3.05, 3.63) is 33.9 Å². The molecule has 2 fully saturated rings. The SMILES string of the molecule is CC1CCCN(c2ccc(C(=O)OCC(=O)N(C)C3CCS(=O)(=O)C3)cc2[N+](=O)[O-])C1. The van der Waals surface area contributed by atoms with Gasteiger partial charge in [-0.3, -0.25) is 14.9 Å². The molecule has 1 aromatic rings. The summed E-state index contributed by atoms with van der Waals surface area (Å²) in [6.45, 7) is 2.96. The van der Waals surface area contributed by atoms with E-state index in [9.17, 15) is 28.1 Å². The van der Waals surface area contributed by atoms with Gasteiger partial charge in [0, 0.05) is 32.2 Å². The summed E-state index contributed by atoms with van der Waals surface area (Å²) in [6, 6.07) is 3.74. The summed E-state index contributed by atoms with van der Waals surface area (Å²) < 4.78 is 28.2. The molecule has 0 N–H and O–H groups in total. The number of ether oxygens (including phenoxy) is 1. The lowest BCUT2D eigenvalue weighted by Gasteiger charge is -2.32. The van der Waals surface area contributed by atoms with Gasteiger partial charge in [-0.15, -0.1) is 0 Å². The van der Waals surface area contributed by atoms with Gasteiger partial charge in [-0.1, -0.05) is 6.92 Å². The van der Waals surface area contributed by atoms with Crippen LogP contribution in [-0.2, 0) is 19.4 Å². The predicted molar refractivity (Wildman–Crippen MR) is 114 cm³/mol. The van der Waals surface area contributed by atoms with Crippen molar-refractivity contribution in [1.29, 1.82) is 0 Å². The third-order valence-corrected chi connectivity index (χ3v) is 7.63. The predicted octanol–water partition coefficient (Wildman–Crippen LogP) is 1.63. The van der Waals surface area contributed by atoms with Crippen LogP contribution in [0.5, 0.6) is 0 Å². The van der Waals surface area contributed by atoms with Crippen molar-refractivity contribution in [3.63, 3.8) is 0 Å². The summed E-state index contributed by atoms with van der Waals surface area (Å²) in [6.07, 6.45) is 2.37. The molecule has 1 amide bonds. The number of piperidine rings is 1. The zero-order chi connectivity index (χ0) is 22.8. The van der Waals surface area contributed by atoms with E-state index in [1.807, 2.05) is 4.90 Å². The highest BCUT2D eigenvalue weighted by Gasteiger charge is 2.33. The number of rotatable bonds is 6. The van der Waals surface area contributed by atoms with E-state index in [1.165, 1.54) is 24.1 Å². The van der Waals surface area contributed by atoms with E-state index >= 15 is 0 Å². The number of amides is 1. The molecule has 2 aliphatic rings. The van der Waals surface area contributed by atoms with Crippen LogP contribution in [0.1, 0.15) is 36.5 Å². The van der Waals surface area contributed by atoms with Gasteiger partial charge in [-0.05, 0) is 37.3 Å². The normalized spacial score (nSPS) is 22.7. The average molecular weight is 454 g/mol. The summed E-state index contributed by atoms with van der Waals surface area (Å²) in [7, 11) is -1.67. The van der Waals surface area contributed by atoms with Crippen LogP contribution >= 0.6 is 0 Å². The van der Waals surface area contributed by atoms with Crippen LogP contribution in [0.25, 0.3) is 0 Å². The second-order valence-corrected chi connectivity index (χ2v) is 10.5. The molecule has 0 aliphatic carbocycles. The van der Waals surface area contributed by atoms with Gasteiger partial charge in [0.2, 0.25) is 0 Å². The number of hydrogen-bond acceptors (Lipinski definition) is 8. The molecule has 2 saturated heterocycles. The third kappa shape index (κ3) is 5.52. The van der Waals surface area contributed by atoms with Crippen molar-refractivity contribution in [2.24, 2.45) is 5.92 Å². The minimum Gasteiger partial charge on any atom is -0.452 e. The van der Waals surface area contributed by atoms with Crippen LogP contribution in [0.2, 0.25) is 0 Å². The van der Waals surface area contributed by atoms with Crippen LogP contribution in [0.15, 0.2) is 18.2 Å². The number of carbonyl (C=O) groups is 2. The Bertz CT molecular complexity index is 979. The Hall–Kier alpha value is -2.69. The Morgan fingerprint density at radius 2 is 2.06 bits per heavy atom. The van der Waals surface area contributed by atoms with Crippen LogP contribution < -0.4 is 4.90 Å². The largest absolute Gasteiger partial charge is 0.452 e. The van der Waals surface area contributed by atoms with Gasteiger partial charge < -0.3 is 14.5 Å². The maximum absolute atomic E-state index is 12.4. The van der Waals surface area contributed by atoms with Gasteiger partial charge in [-0.25, -0.2) is 13.2 Å². The van der Waals surface area contributed by atoms with Crippen molar-refractivity contribution < 1.29 is 27.7 Å². The fraction of sp³-hybridized carbons (Fsp3) is 0.600. The lowest BCUT2D eigenvalue weighted by atomic mass is 9.99. The molecule has 0 radical (unpaired) electrons. The molecule has 0 saturated carbocycles. The highest BCUT2D eigenvalue weighted by molar-refractivity contribution is 7.91. The topological polar surface area (TPSA) is 127 Å². The number of nitrogens with zero attached hydrogens (tertiary/aromatic N) is 3. The standard InChI is InChI=1S/C20H27N3O7S/c1-14-4-3-8-22(11-14)17-6-5-15(10-18(17)23(26)27)20(25)30-12-19(24)21(2)16-7-9-31(28,29)13-16/h5-6,10,14,16H,3-4,7-9,11-13H2,1-2H3. The van der Waals surface area contributed by atoms with E-state index in [2.05, 4.69) is 6.92 Å². The second kappa shape index (κ2) is 9.21. The minimum absolute atomic E-state index is 0.0144. The van der Waals surface area contributed by atoms with Crippen LogP contribution in [0, 0.1) is 16.0 Å². The molecule has 2 aliphatic heterocycles. The smallest absolute Gasteiger partial charge is 0.338 e. The van der Waals surface area contributed by atoms with E-state index < -0.39 is 39.3 Å².